The number of imidazole rings is 1. The number of H-pyrrole nitrogens is 1. The monoisotopic (exact) mass is 450 g/mol. The Hall–Kier alpha value is -3.21. The molecule has 0 bridgehead atoms. The summed E-state index contributed by atoms with van der Waals surface area (Å²) in [6.45, 7) is 8.41. The van der Waals surface area contributed by atoms with Crippen molar-refractivity contribution in [1.29, 1.82) is 0 Å². The number of aryl methyl sites for hydroxylation is 2. The Morgan fingerprint density at radius 2 is 1.38 bits per heavy atom. The molecule has 1 fully saturated rings. The zero-order valence-electron chi connectivity index (χ0n) is 20.2. The number of hydrogen-bond acceptors (Lipinski definition) is 3. The van der Waals surface area contributed by atoms with Crippen LogP contribution in [0.25, 0.3) is 11.4 Å². The quantitative estimate of drug-likeness (QED) is 0.371. The highest BCUT2D eigenvalue weighted by Crippen LogP contribution is 2.38. The van der Waals surface area contributed by atoms with Crippen LogP contribution in [0.5, 0.6) is 0 Å². The lowest BCUT2D eigenvalue weighted by atomic mass is 9.84. The van der Waals surface area contributed by atoms with E-state index in [0.29, 0.717) is 5.92 Å². The third kappa shape index (κ3) is 4.98. The second-order valence-corrected chi connectivity index (χ2v) is 9.37. The molecular formula is C30H34N4. The van der Waals surface area contributed by atoms with Crippen LogP contribution < -0.4 is 5.32 Å². The lowest BCUT2D eigenvalue weighted by molar-refractivity contribution is 0.158. The van der Waals surface area contributed by atoms with Gasteiger partial charge in [-0.25, -0.2) is 4.98 Å². The van der Waals surface area contributed by atoms with E-state index in [1.54, 1.807) is 0 Å². The van der Waals surface area contributed by atoms with Gasteiger partial charge in [-0.05, 0) is 31.4 Å². The lowest BCUT2D eigenvalue weighted by Crippen LogP contribution is -2.45. The molecular weight excluding hydrogens is 416 g/mol. The van der Waals surface area contributed by atoms with Gasteiger partial charge in [0.25, 0.3) is 0 Å². The van der Waals surface area contributed by atoms with Crippen molar-refractivity contribution in [3.63, 3.8) is 0 Å². The van der Waals surface area contributed by atoms with Gasteiger partial charge >= 0.3 is 0 Å². The van der Waals surface area contributed by atoms with Gasteiger partial charge in [-0.3, -0.25) is 4.90 Å². The number of rotatable bonds is 7. The van der Waals surface area contributed by atoms with E-state index in [1.807, 2.05) is 0 Å². The summed E-state index contributed by atoms with van der Waals surface area (Å²) >= 11 is 0. The average Bonchev–Trinajstić information content (AvgIpc) is 3.28. The van der Waals surface area contributed by atoms with Crippen LogP contribution >= 0.6 is 0 Å². The number of piperazine rings is 1. The average molecular weight is 451 g/mol. The number of nitrogens with one attached hydrogen (secondary N) is 2. The SMILES string of the molecule is Cc1ccc(-c2nc(C(CC(c3ccccc3)c3ccccc3)N3CCNCC3)c(C)[nH]2)cc1. The topological polar surface area (TPSA) is 44.0 Å². The van der Waals surface area contributed by atoms with Crippen molar-refractivity contribution >= 4 is 0 Å². The van der Waals surface area contributed by atoms with Gasteiger partial charge in [0.1, 0.15) is 5.82 Å². The van der Waals surface area contributed by atoms with E-state index in [-0.39, 0.29) is 6.04 Å². The Balaban J connectivity index is 1.54. The molecule has 34 heavy (non-hydrogen) atoms. The van der Waals surface area contributed by atoms with E-state index in [2.05, 4.69) is 114 Å². The number of aromatic amines is 1. The molecule has 2 heterocycles. The normalized spacial score (nSPS) is 15.5. The van der Waals surface area contributed by atoms with E-state index in [9.17, 15) is 0 Å². The van der Waals surface area contributed by atoms with Gasteiger partial charge in [0.05, 0.1) is 11.7 Å². The van der Waals surface area contributed by atoms with Crippen molar-refractivity contribution in [3.8, 4) is 11.4 Å². The molecule has 0 radical (unpaired) electrons. The first-order chi connectivity index (χ1) is 16.7. The van der Waals surface area contributed by atoms with Crippen molar-refractivity contribution in [2.75, 3.05) is 26.2 Å². The molecule has 1 aromatic heterocycles. The van der Waals surface area contributed by atoms with Gasteiger partial charge in [0.2, 0.25) is 0 Å². The maximum absolute atomic E-state index is 5.21. The smallest absolute Gasteiger partial charge is 0.137 e. The van der Waals surface area contributed by atoms with Gasteiger partial charge < -0.3 is 10.3 Å². The zero-order valence-corrected chi connectivity index (χ0v) is 20.2. The third-order valence-corrected chi connectivity index (χ3v) is 7.02. The molecule has 3 aromatic carbocycles. The minimum absolute atomic E-state index is 0.239. The largest absolute Gasteiger partial charge is 0.342 e. The van der Waals surface area contributed by atoms with E-state index in [4.69, 9.17) is 4.98 Å². The summed E-state index contributed by atoms with van der Waals surface area (Å²) in [6, 6.07) is 30.7. The van der Waals surface area contributed by atoms with Gasteiger partial charge in [0, 0.05) is 43.4 Å². The van der Waals surface area contributed by atoms with E-state index < -0.39 is 0 Å². The Kier molecular flexibility index (Phi) is 6.89. The number of benzene rings is 3. The minimum Gasteiger partial charge on any atom is -0.342 e. The second-order valence-electron chi connectivity index (χ2n) is 9.37. The molecule has 5 rings (SSSR count). The second kappa shape index (κ2) is 10.4. The molecule has 1 unspecified atom stereocenters. The Labute approximate surface area is 203 Å². The highest BCUT2D eigenvalue weighted by molar-refractivity contribution is 5.56. The van der Waals surface area contributed by atoms with E-state index in [1.165, 1.54) is 28.1 Å². The first kappa shape index (κ1) is 22.6. The maximum Gasteiger partial charge on any atom is 0.137 e. The fourth-order valence-electron chi connectivity index (χ4n) is 5.13. The molecule has 1 atom stereocenters. The third-order valence-electron chi connectivity index (χ3n) is 7.02. The predicted octanol–water partition coefficient (Wildman–Crippen LogP) is 5.86. The summed E-state index contributed by atoms with van der Waals surface area (Å²) in [5.41, 5.74) is 7.47. The summed E-state index contributed by atoms with van der Waals surface area (Å²) in [7, 11) is 0. The first-order valence-corrected chi connectivity index (χ1v) is 12.4. The fourth-order valence-corrected chi connectivity index (χ4v) is 5.13. The molecule has 4 aromatic rings. The van der Waals surface area contributed by atoms with Crippen LogP contribution in [0, 0.1) is 13.8 Å². The summed E-state index contributed by atoms with van der Waals surface area (Å²) in [4.78, 5) is 11.4. The van der Waals surface area contributed by atoms with Gasteiger partial charge in [-0.2, -0.15) is 0 Å². The molecule has 1 aliphatic rings. The molecule has 0 amide bonds. The molecule has 1 saturated heterocycles. The minimum atomic E-state index is 0.239. The Bertz CT molecular complexity index is 1140. The Morgan fingerprint density at radius 1 is 0.794 bits per heavy atom. The van der Waals surface area contributed by atoms with Crippen molar-refractivity contribution in [2.24, 2.45) is 0 Å². The maximum atomic E-state index is 5.21. The molecule has 4 nitrogen and oxygen atoms in total. The number of aromatic nitrogens is 2. The Morgan fingerprint density at radius 3 is 1.97 bits per heavy atom. The fraction of sp³-hybridized carbons (Fsp3) is 0.300. The van der Waals surface area contributed by atoms with Crippen molar-refractivity contribution in [1.82, 2.24) is 20.2 Å². The van der Waals surface area contributed by atoms with Gasteiger partial charge in [-0.15, -0.1) is 0 Å². The predicted molar refractivity (Wildman–Crippen MR) is 140 cm³/mol. The molecule has 1 aliphatic heterocycles. The van der Waals surface area contributed by atoms with E-state index in [0.717, 1.165) is 44.0 Å². The molecule has 0 aliphatic carbocycles. The number of hydrogen-bond donors (Lipinski definition) is 2. The van der Waals surface area contributed by atoms with Crippen molar-refractivity contribution in [2.45, 2.75) is 32.2 Å². The number of nitrogens with zero attached hydrogens (tertiary/aromatic N) is 2. The molecule has 4 heteroatoms. The first-order valence-electron chi connectivity index (χ1n) is 12.4. The molecule has 0 spiro atoms. The van der Waals surface area contributed by atoms with Crippen LogP contribution in [-0.4, -0.2) is 41.0 Å². The lowest BCUT2D eigenvalue weighted by Gasteiger charge is -2.36. The summed E-state index contributed by atoms with van der Waals surface area (Å²) in [5.74, 6) is 1.27. The standard InChI is InChI=1S/C30H34N4/c1-22-13-15-26(16-14-22)30-32-23(2)29(33-30)28(34-19-17-31-18-20-34)21-27(24-9-5-3-6-10-24)25-11-7-4-8-12-25/h3-16,27-28,31H,17-21H2,1-2H3,(H,32,33). The summed E-state index contributed by atoms with van der Waals surface area (Å²) in [5, 5.41) is 3.52. The van der Waals surface area contributed by atoms with Crippen LogP contribution in [-0.2, 0) is 0 Å². The van der Waals surface area contributed by atoms with Crippen molar-refractivity contribution in [3.05, 3.63) is 113 Å². The van der Waals surface area contributed by atoms with Crippen LogP contribution in [0.3, 0.4) is 0 Å². The summed E-state index contributed by atoms with van der Waals surface area (Å²) in [6.07, 6.45) is 0.993. The van der Waals surface area contributed by atoms with Gasteiger partial charge in [0.15, 0.2) is 0 Å². The highest BCUT2D eigenvalue weighted by atomic mass is 15.2. The van der Waals surface area contributed by atoms with Gasteiger partial charge in [-0.1, -0.05) is 90.5 Å². The van der Waals surface area contributed by atoms with Crippen molar-refractivity contribution < 1.29 is 0 Å². The highest BCUT2D eigenvalue weighted by Gasteiger charge is 2.30. The van der Waals surface area contributed by atoms with Crippen LogP contribution in [0.4, 0.5) is 0 Å². The summed E-state index contributed by atoms with van der Waals surface area (Å²) < 4.78 is 0. The van der Waals surface area contributed by atoms with Crippen LogP contribution in [0.2, 0.25) is 0 Å². The van der Waals surface area contributed by atoms with E-state index >= 15 is 0 Å². The molecule has 0 saturated carbocycles. The zero-order chi connectivity index (χ0) is 23.3. The molecule has 174 valence electrons. The van der Waals surface area contributed by atoms with Crippen LogP contribution in [0.1, 0.15) is 46.5 Å². The van der Waals surface area contributed by atoms with Crippen LogP contribution in [0.15, 0.2) is 84.9 Å². The molecule has 2 N–H and O–H groups in total.